The first kappa shape index (κ1) is 12.8. The van der Waals surface area contributed by atoms with Crippen molar-refractivity contribution in [2.24, 2.45) is 0 Å². The summed E-state index contributed by atoms with van der Waals surface area (Å²) in [6, 6.07) is 0. The Morgan fingerprint density at radius 2 is 1.82 bits per heavy atom. The average molecular weight is 262 g/mol. The standard InChI is InChI=1S/C11H18O5S/c1-15-10(12)11(7-16-8-11)17(13,14)9-5-3-2-4-6-9/h9H,2-8H2,1H3. The molecule has 5 nitrogen and oxygen atoms in total. The zero-order valence-corrected chi connectivity index (χ0v) is 10.8. The van der Waals surface area contributed by atoms with Crippen molar-refractivity contribution in [2.45, 2.75) is 42.1 Å². The normalized spacial score (nSPS) is 25.0. The van der Waals surface area contributed by atoms with E-state index in [0.717, 1.165) is 19.3 Å². The molecule has 6 heteroatoms. The predicted molar refractivity (Wildman–Crippen MR) is 61.4 cm³/mol. The Hall–Kier alpha value is -0.620. The second-order valence-corrected chi connectivity index (χ2v) is 7.32. The lowest BCUT2D eigenvalue weighted by atomic mass is 10.0. The molecule has 0 atom stereocenters. The van der Waals surface area contributed by atoms with E-state index in [4.69, 9.17) is 4.74 Å². The molecule has 0 radical (unpaired) electrons. The smallest absolute Gasteiger partial charge is 0.332 e. The number of carbonyl (C=O) groups is 1. The number of hydrogen-bond acceptors (Lipinski definition) is 5. The molecule has 1 saturated carbocycles. The van der Waals surface area contributed by atoms with Crippen LogP contribution in [0.3, 0.4) is 0 Å². The Morgan fingerprint density at radius 3 is 2.24 bits per heavy atom. The topological polar surface area (TPSA) is 69.7 Å². The van der Waals surface area contributed by atoms with Crippen LogP contribution in [0.4, 0.5) is 0 Å². The van der Waals surface area contributed by atoms with Crippen molar-refractivity contribution in [1.29, 1.82) is 0 Å². The molecule has 1 aliphatic heterocycles. The van der Waals surface area contributed by atoms with Gasteiger partial charge in [0.25, 0.3) is 0 Å². The highest BCUT2D eigenvalue weighted by Crippen LogP contribution is 2.36. The van der Waals surface area contributed by atoms with Gasteiger partial charge in [0.05, 0.1) is 25.6 Å². The zero-order valence-electron chi connectivity index (χ0n) is 9.98. The first-order chi connectivity index (χ1) is 8.04. The van der Waals surface area contributed by atoms with Crippen LogP contribution in [0.15, 0.2) is 0 Å². The third kappa shape index (κ3) is 1.87. The minimum Gasteiger partial charge on any atom is -0.468 e. The quantitative estimate of drug-likeness (QED) is 0.699. The lowest BCUT2D eigenvalue weighted by Gasteiger charge is -2.40. The minimum atomic E-state index is -3.50. The SMILES string of the molecule is COC(=O)C1(S(=O)(=O)C2CCCCC2)COC1. The molecule has 0 aromatic rings. The number of esters is 1. The van der Waals surface area contributed by atoms with E-state index in [-0.39, 0.29) is 13.2 Å². The van der Waals surface area contributed by atoms with Crippen LogP contribution >= 0.6 is 0 Å². The van der Waals surface area contributed by atoms with Gasteiger partial charge in [-0.3, -0.25) is 4.79 Å². The Bertz CT molecular complexity index is 390. The summed E-state index contributed by atoms with van der Waals surface area (Å²) < 4.78 is 33.2. The molecule has 98 valence electrons. The Balaban J connectivity index is 2.26. The monoisotopic (exact) mass is 262 g/mol. The van der Waals surface area contributed by atoms with E-state index in [1.54, 1.807) is 0 Å². The summed E-state index contributed by atoms with van der Waals surface area (Å²) in [6.45, 7) is -0.114. The first-order valence-corrected chi connectivity index (χ1v) is 7.49. The molecule has 1 saturated heterocycles. The molecule has 17 heavy (non-hydrogen) atoms. The highest BCUT2D eigenvalue weighted by Gasteiger charge is 2.60. The number of rotatable bonds is 3. The van der Waals surface area contributed by atoms with Crippen LogP contribution < -0.4 is 0 Å². The van der Waals surface area contributed by atoms with Gasteiger partial charge < -0.3 is 9.47 Å². The van der Waals surface area contributed by atoms with Gasteiger partial charge in [0.15, 0.2) is 9.84 Å². The number of hydrogen-bond donors (Lipinski definition) is 0. The molecule has 0 bridgehead atoms. The molecule has 0 aromatic heterocycles. The summed E-state index contributed by atoms with van der Waals surface area (Å²) in [6.07, 6.45) is 4.22. The highest BCUT2D eigenvalue weighted by atomic mass is 32.2. The largest absolute Gasteiger partial charge is 0.468 e. The predicted octanol–water partition coefficient (Wildman–Crippen LogP) is 0.676. The Morgan fingerprint density at radius 1 is 1.24 bits per heavy atom. The lowest BCUT2D eigenvalue weighted by molar-refractivity contribution is -0.156. The van der Waals surface area contributed by atoms with Crippen molar-refractivity contribution in [3.8, 4) is 0 Å². The van der Waals surface area contributed by atoms with Gasteiger partial charge in [0.1, 0.15) is 0 Å². The van der Waals surface area contributed by atoms with Crippen molar-refractivity contribution in [3.63, 3.8) is 0 Å². The van der Waals surface area contributed by atoms with Crippen LogP contribution in [0.2, 0.25) is 0 Å². The Labute approximate surface area is 101 Å². The maximum absolute atomic E-state index is 12.5. The van der Waals surface area contributed by atoms with Gasteiger partial charge in [0.2, 0.25) is 4.75 Å². The molecule has 1 aliphatic carbocycles. The molecule has 0 aromatic carbocycles. The van der Waals surface area contributed by atoms with Crippen LogP contribution in [0, 0.1) is 0 Å². The van der Waals surface area contributed by atoms with Crippen molar-refractivity contribution in [2.75, 3.05) is 20.3 Å². The molecule has 0 spiro atoms. The van der Waals surface area contributed by atoms with Crippen molar-refractivity contribution < 1.29 is 22.7 Å². The number of ether oxygens (including phenoxy) is 2. The van der Waals surface area contributed by atoms with E-state index in [1.807, 2.05) is 0 Å². The zero-order chi connectivity index (χ0) is 12.5. The maximum atomic E-state index is 12.5. The molecule has 2 rings (SSSR count). The molecule has 2 fully saturated rings. The van der Waals surface area contributed by atoms with Crippen LogP contribution in [-0.2, 0) is 24.1 Å². The molecule has 0 amide bonds. The fourth-order valence-electron chi connectivity index (χ4n) is 2.57. The van der Waals surface area contributed by atoms with E-state index in [1.165, 1.54) is 7.11 Å². The third-order valence-corrected chi connectivity index (χ3v) is 6.60. The molecule has 0 N–H and O–H groups in total. The Kier molecular flexibility index (Phi) is 3.45. The van der Waals surface area contributed by atoms with Crippen LogP contribution in [0.1, 0.15) is 32.1 Å². The summed E-state index contributed by atoms with van der Waals surface area (Å²) in [7, 11) is -2.28. The second kappa shape index (κ2) is 4.57. The van der Waals surface area contributed by atoms with Crippen LogP contribution in [0.25, 0.3) is 0 Å². The van der Waals surface area contributed by atoms with E-state index >= 15 is 0 Å². The van der Waals surface area contributed by atoms with Crippen LogP contribution in [0.5, 0.6) is 0 Å². The third-order valence-electron chi connectivity index (χ3n) is 3.76. The van der Waals surface area contributed by atoms with Gasteiger partial charge in [0, 0.05) is 0 Å². The number of carbonyl (C=O) groups excluding carboxylic acids is 1. The number of methoxy groups -OCH3 is 1. The van der Waals surface area contributed by atoms with Gasteiger partial charge in [-0.15, -0.1) is 0 Å². The fraction of sp³-hybridized carbons (Fsp3) is 0.909. The van der Waals surface area contributed by atoms with Gasteiger partial charge in [-0.1, -0.05) is 19.3 Å². The van der Waals surface area contributed by atoms with Crippen molar-refractivity contribution >= 4 is 15.8 Å². The number of sulfone groups is 1. The highest BCUT2D eigenvalue weighted by molar-refractivity contribution is 7.94. The average Bonchev–Trinajstić information content (AvgIpc) is 2.28. The van der Waals surface area contributed by atoms with Gasteiger partial charge >= 0.3 is 5.97 Å². The van der Waals surface area contributed by atoms with E-state index in [2.05, 4.69) is 4.74 Å². The van der Waals surface area contributed by atoms with E-state index < -0.39 is 25.8 Å². The minimum absolute atomic E-state index is 0.0570. The van der Waals surface area contributed by atoms with E-state index in [0.29, 0.717) is 12.8 Å². The summed E-state index contributed by atoms with van der Waals surface area (Å²) >= 11 is 0. The summed E-state index contributed by atoms with van der Waals surface area (Å²) in [5, 5.41) is -0.403. The van der Waals surface area contributed by atoms with Gasteiger partial charge in [-0.2, -0.15) is 0 Å². The van der Waals surface area contributed by atoms with Gasteiger partial charge in [-0.25, -0.2) is 8.42 Å². The molecular formula is C11H18O5S. The van der Waals surface area contributed by atoms with E-state index in [9.17, 15) is 13.2 Å². The summed E-state index contributed by atoms with van der Waals surface area (Å²) in [5.41, 5.74) is 0. The second-order valence-electron chi connectivity index (χ2n) is 4.78. The van der Waals surface area contributed by atoms with Gasteiger partial charge in [-0.05, 0) is 12.8 Å². The fourth-order valence-corrected chi connectivity index (χ4v) is 4.97. The lowest BCUT2D eigenvalue weighted by Crippen LogP contribution is -2.64. The van der Waals surface area contributed by atoms with Crippen molar-refractivity contribution in [1.82, 2.24) is 0 Å². The molecule has 1 heterocycles. The van der Waals surface area contributed by atoms with Crippen molar-refractivity contribution in [3.05, 3.63) is 0 Å². The van der Waals surface area contributed by atoms with Crippen LogP contribution in [-0.4, -0.2) is 44.7 Å². The molecule has 2 aliphatic rings. The first-order valence-electron chi connectivity index (χ1n) is 5.94. The summed E-state index contributed by atoms with van der Waals surface area (Å²) in [5.74, 6) is -0.672. The molecular weight excluding hydrogens is 244 g/mol. The molecule has 0 unspecified atom stereocenters. The summed E-state index contributed by atoms with van der Waals surface area (Å²) in [4.78, 5) is 11.7. The maximum Gasteiger partial charge on any atom is 0.332 e.